The van der Waals surface area contributed by atoms with Gasteiger partial charge in [0.1, 0.15) is 0 Å². The molecule has 0 fully saturated rings. The number of carbonyl (C=O) groups excluding carboxylic acids is 2. The standard InChI is InChI=1S/C30H58O4S.HO2P/c1-3-5-7-9-11-13-15-17-19-21-25-33-29(31)23-27-35-28-24-30(32)34-26-22-20-18-16-14-12-10-8-6-4-2;1-3-2/h3-28H2,1-2H3;(H,1,2). The lowest BCUT2D eigenvalue weighted by Crippen LogP contribution is -2.09. The molecule has 0 aromatic carbocycles. The molecule has 0 rings (SSSR count). The molecule has 0 aromatic heterocycles. The highest BCUT2D eigenvalue weighted by Gasteiger charge is 2.06. The number of carbonyl (C=O) groups is 2. The van der Waals surface area contributed by atoms with Crippen molar-refractivity contribution < 1.29 is 28.5 Å². The molecular formula is C30H59O6PS. The molecule has 0 aromatic rings. The minimum atomic E-state index is -0.833. The fourth-order valence-electron chi connectivity index (χ4n) is 4.11. The Hall–Kier alpha value is -0.650. The number of thioether (sulfide) groups is 1. The van der Waals surface area contributed by atoms with Gasteiger partial charge >= 0.3 is 20.6 Å². The van der Waals surface area contributed by atoms with Gasteiger partial charge in [0.2, 0.25) is 0 Å². The summed E-state index contributed by atoms with van der Waals surface area (Å²) in [5.74, 6) is 1.19. The zero-order valence-corrected chi connectivity index (χ0v) is 26.4. The van der Waals surface area contributed by atoms with Gasteiger partial charge in [-0.25, -0.2) is 4.57 Å². The Kier molecular flexibility index (Phi) is 37.8. The first-order valence-electron chi connectivity index (χ1n) is 15.5. The van der Waals surface area contributed by atoms with Crippen LogP contribution in [0.3, 0.4) is 0 Å². The smallest absolute Gasteiger partial charge is 0.324 e. The predicted molar refractivity (Wildman–Crippen MR) is 162 cm³/mol. The second-order valence-corrected chi connectivity index (χ2v) is 11.4. The van der Waals surface area contributed by atoms with Crippen LogP contribution in [-0.2, 0) is 23.6 Å². The van der Waals surface area contributed by atoms with Crippen molar-refractivity contribution in [1.82, 2.24) is 0 Å². The fourth-order valence-corrected chi connectivity index (χ4v) is 4.93. The third-order valence-electron chi connectivity index (χ3n) is 6.42. The van der Waals surface area contributed by atoms with Crippen LogP contribution in [0.5, 0.6) is 0 Å². The van der Waals surface area contributed by atoms with Gasteiger partial charge in [0, 0.05) is 11.5 Å². The van der Waals surface area contributed by atoms with Crippen molar-refractivity contribution >= 4 is 32.4 Å². The van der Waals surface area contributed by atoms with Gasteiger partial charge in [-0.15, -0.1) is 0 Å². The first kappa shape index (κ1) is 39.5. The maximum absolute atomic E-state index is 11.8. The average molecular weight is 579 g/mol. The Morgan fingerprint density at radius 3 is 1.11 bits per heavy atom. The van der Waals surface area contributed by atoms with E-state index in [9.17, 15) is 9.59 Å². The van der Waals surface area contributed by atoms with Crippen LogP contribution >= 0.6 is 20.4 Å². The number of esters is 2. The van der Waals surface area contributed by atoms with Gasteiger partial charge < -0.3 is 14.4 Å². The van der Waals surface area contributed by atoms with E-state index in [-0.39, 0.29) is 11.9 Å². The normalized spacial score (nSPS) is 10.7. The molecule has 38 heavy (non-hydrogen) atoms. The van der Waals surface area contributed by atoms with E-state index in [4.69, 9.17) is 18.9 Å². The van der Waals surface area contributed by atoms with Crippen LogP contribution < -0.4 is 0 Å². The van der Waals surface area contributed by atoms with E-state index in [1.165, 1.54) is 103 Å². The van der Waals surface area contributed by atoms with Crippen molar-refractivity contribution in [2.24, 2.45) is 0 Å². The van der Waals surface area contributed by atoms with E-state index in [2.05, 4.69) is 13.8 Å². The molecule has 0 spiro atoms. The summed E-state index contributed by atoms with van der Waals surface area (Å²) in [6.45, 7) is 5.60. The maximum Gasteiger partial charge on any atom is 0.324 e. The Morgan fingerprint density at radius 2 is 0.816 bits per heavy atom. The number of ether oxygens (including phenoxy) is 2. The zero-order chi connectivity index (χ0) is 28.4. The van der Waals surface area contributed by atoms with Gasteiger partial charge in [-0.1, -0.05) is 129 Å². The van der Waals surface area contributed by atoms with Crippen molar-refractivity contribution in [2.45, 2.75) is 155 Å². The molecular weight excluding hydrogens is 519 g/mol. The van der Waals surface area contributed by atoms with Crippen molar-refractivity contribution in [3.63, 3.8) is 0 Å². The molecule has 0 saturated heterocycles. The van der Waals surface area contributed by atoms with E-state index in [0.29, 0.717) is 37.6 Å². The Bertz CT molecular complexity index is 467. The van der Waals surface area contributed by atoms with Gasteiger partial charge in [0.15, 0.2) is 0 Å². The fraction of sp³-hybridized carbons (Fsp3) is 0.933. The minimum Gasteiger partial charge on any atom is -0.466 e. The minimum absolute atomic E-state index is 0.114. The SMILES string of the molecule is CCCCCCCCCCCCOC(=O)CCSCCC(=O)OCCCCCCCCCCCC.O=PO. The van der Waals surface area contributed by atoms with Gasteiger partial charge in [0.25, 0.3) is 0 Å². The van der Waals surface area contributed by atoms with Crippen molar-refractivity contribution in [2.75, 3.05) is 24.7 Å². The second kappa shape index (κ2) is 36.4. The molecule has 0 unspecified atom stereocenters. The van der Waals surface area contributed by atoms with E-state index < -0.39 is 8.69 Å². The Balaban J connectivity index is 0. The molecule has 0 saturated carbocycles. The number of hydrogen-bond donors (Lipinski definition) is 1. The summed E-state index contributed by atoms with van der Waals surface area (Å²) < 4.78 is 19.1. The molecule has 0 aliphatic heterocycles. The summed E-state index contributed by atoms with van der Waals surface area (Å²) in [5.41, 5.74) is 0. The molecule has 6 nitrogen and oxygen atoms in total. The summed E-state index contributed by atoms with van der Waals surface area (Å²) in [6, 6.07) is 0. The first-order chi connectivity index (χ1) is 18.6. The van der Waals surface area contributed by atoms with Crippen molar-refractivity contribution in [3.8, 4) is 0 Å². The van der Waals surface area contributed by atoms with Crippen LogP contribution in [0.4, 0.5) is 0 Å². The van der Waals surface area contributed by atoms with Gasteiger partial charge in [0.05, 0.1) is 26.1 Å². The van der Waals surface area contributed by atoms with Crippen LogP contribution in [-0.4, -0.2) is 41.6 Å². The molecule has 8 heteroatoms. The second-order valence-electron chi connectivity index (χ2n) is 10.00. The first-order valence-corrected chi connectivity index (χ1v) is 17.4. The van der Waals surface area contributed by atoms with E-state index in [1.54, 1.807) is 11.8 Å². The van der Waals surface area contributed by atoms with E-state index in [1.807, 2.05) is 0 Å². The Morgan fingerprint density at radius 1 is 0.553 bits per heavy atom. The lowest BCUT2D eigenvalue weighted by molar-refractivity contribution is -0.144. The van der Waals surface area contributed by atoms with Crippen molar-refractivity contribution in [3.05, 3.63) is 0 Å². The molecule has 0 atom stereocenters. The van der Waals surface area contributed by atoms with Crippen LogP contribution in [0.2, 0.25) is 0 Å². The molecule has 0 amide bonds. The molecule has 0 bridgehead atoms. The topological polar surface area (TPSA) is 89.9 Å². The zero-order valence-electron chi connectivity index (χ0n) is 24.7. The lowest BCUT2D eigenvalue weighted by Gasteiger charge is -2.06. The summed E-state index contributed by atoms with van der Waals surface area (Å²) in [6.07, 6.45) is 26.5. The molecule has 1 N–H and O–H groups in total. The summed E-state index contributed by atoms with van der Waals surface area (Å²) in [4.78, 5) is 30.6. The molecule has 0 aliphatic rings. The molecule has 0 radical (unpaired) electrons. The van der Waals surface area contributed by atoms with Crippen LogP contribution in [0.1, 0.15) is 155 Å². The van der Waals surface area contributed by atoms with Crippen LogP contribution in [0.15, 0.2) is 0 Å². The van der Waals surface area contributed by atoms with Crippen LogP contribution in [0.25, 0.3) is 0 Å². The van der Waals surface area contributed by atoms with E-state index >= 15 is 0 Å². The summed E-state index contributed by atoms with van der Waals surface area (Å²) >= 11 is 1.63. The maximum atomic E-state index is 11.8. The van der Waals surface area contributed by atoms with E-state index in [0.717, 1.165) is 25.7 Å². The number of rotatable bonds is 28. The average Bonchev–Trinajstić information content (AvgIpc) is 2.90. The van der Waals surface area contributed by atoms with Crippen molar-refractivity contribution in [1.29, 1.82) is 0 Å². The molecule has 0 aliphatic carbocycles. The molecule has 226 valence electrons. The Labute approximate surface area is 240 Å². The monoisotopic (exact) mass is 578 g/mol. The van der Waals surface area contributed by atoms with Gasteiger partial charge in [-0.05, 0) is 12.8 Å². The number of hydrogen-bond acceptors (Lipinski definition) is 6. The third kappa shape index (κ3) is 37.5. The third-order valence-corrected chi connectivity index (χ3v) is 7.41. The largest absolute Gasteiger partial charge is 0.466 e. The van der Waals surface area contributed by atoms with Crippen LogP contribution in [0, 0.1) is 0 Å². The summed E-state index contributed by atoms with van der Waals surface area (Å²) in [5, 5.41) is 0. The highest BCUT2D eigenvalue weighted by molar-refractivity contribution is 7.99. The van der Waals surface area contributed by atoms with Gasteiger partial charge in [-0.3, -0.25) is 9.59 Å². The highest BCUT2D eigenvalue weighted by atomic mass is 32.2. The predicted octanol–water partition coefficient (Wildman–Crippen LogP) is 9.61. The molecule has 0 heterocycles. The number of unbranched alkanes of at least 4 members (excludes halogenated alkanes) is 18. The lowest BCUT2D eigenvalue weighted by atomic mass is 10.1. The summed E-state index contributed by atoms with van der Waals surface area (Å²) in [7, 11) is -0.833. The van der Waals surface area contributed by atoms with Gasteiger partial charge in [-0.2, -0.15) is 11.8 Å². The highest BCUT2D eigenvalue weighted by Crippen LogP contribution is 2.12. The quantitative estimate of drug-likeness (QED) is 0.0561.